The number of amides is 1. The van der Waals surface area contributed by atoms with Gasteiger partial charge in [-0.2, -0.15) is 0 Å². The molecule has 0 aliphatic rings. The number of aryl methyl sites for hydroxylation is 2. The van der Waals surface area contributed by atoms with Crippen LogP contribution in [0.5, 0.6) is 0 Å². The van der Waals surface area contributed by atoms with Gasteiger partial charge in [-0.3, -0.25) is 14.2 Å². The molecule has 1 aromatic heterocycles. The van der Waals surface area contributed by atoms with Crippen molar-refractivity contribution in [2.75, 3.05) is 5.32 Å². The number of nitrogens with one attached hydrogen (secondary N) is 1. The van der Waals surface area contributed by atoms with E-state index in [-0.39, 0.29) is 18.0 Å². The molecule has 0 fully saturated rings. The zero-order chi connectivity index (χ0) is 19.2. The van der Waals surface area contributed by atoms with Gasteiger partial charge in [-0.1, -0.05) is 44.0 Å². The van der Waals surface area contributed by atoms with Crippen LogP contribution in [0.4, 0.5) is 5.69 Å². The summed E-state index contributed by atoms with van der Waals surface area (Å²) >= 11 is 0. The van der Waals surface area contributed by atoms with Crippen molar-refractivity contribution < 1.29 is 4.79 Å². The van der Waals surface area contributed by atoms with Crippen molar-refractivity contribution in [2.24, 2.45) is 0 Å². The molecule has 2 aromatic carbocycles. The fourth-order valence-corrected chi connectivity index (χ4v) is 3.14. The fraction of sp³-hybridized carbons (Fsp3) is 0.318. The van der Waals surface area contributed by atoms with Gasteiger partial charge in [0.2, 0.25) is 5.91 Å². The molecule has 5 nitrogen and oxygen atoms in total. The predicted octanol–water partition coefficient (Wildman–Crippen LogP) is 4.08. The van der Waals surface area contributed by atoms with E-state index in [1.54, 1.807) is 6.07 Å². The summed E-state index contributed by atoms with van der Waals surface area (Å²) in [7, 11) is 0. The third-order valence-electron chi connectivity index (χ3n) is 4.68. The molecular weight excluding hydrogens is 338 g/mol. The minimum Gasteiger partial charge on any atom is -0.325 e. The summed E-state index contributed by atoms with van der Waals surface area (Å²) in [5, 5.41) is 3.37. The Kier molecular flexibility index (Phi) is 6.01. The molecule has 1 N–H and O–H groups in total. The van der Waals surface area contributed by atoms with Crippen LogP contribution in [0.25, 0.3) is 10.9 Å². The number of hydrogen-bond acceptors (Lipinski definition) is 3. The number of nitrogens with zero attached hydrogens (tertiary/aromatic N) is 2. The molecule has 27 heavy (non-hydrogen) atoms. The topological polar surface area (TPSA) is 64.0 Å². The second-order valence-corrected chi connectivity index (χ2v) is 6.85. The van der Waals surface area contributed by atoms with Crippen molar-refractivity contribution in [3.8, 4) is 0 Å². The average molecular weight is 363 g/mol. The maximum absolute atomic E-state index is 12.6. The first-order chi connectivity index (χ1) is 13.1. The number of unbranched alkanes of at least 4 members (excludes halogenated alkanes) is 2. The van der Waals surface area contributed by atoms with E-state index in [0.717, 1.165) is 17.7 Å². The van der Waals surface area contributed by atoms with E-state index in [2.05, 4.69) is 17.2 Å². The summed E-state index contributed by atoms with van der Waals surface area (Å²) in [4.78, 5) is 29.2. The lowest BCUT2D eigenvalue weighted by molar-refractivity contribution is -0.116. The van der Waals surface area contributed by atoms with Crippen molar-refractivity contribution in [3.05, 3.63) is 70.3 Å². The van der Waals surface area contributed by atoms with Crippen LogP contribution in [0.3, 0.4) is 0 Å². The zero-order valence-corrected chi connectivity index (χ0v) is 15.9. The highest BCUT2D eigenvalue weighted by Gasteiger charge is 2.09. The Morgan fingerprint density at radius 1 is 1.11 bits per heavy atom. The lowest BCUT2D eigenvalue weighted by Crippen LogP contribution is -2.28. The van der Waals surface area contributed by atoms with E-state index in [4.69, 9.17) is 0 Å². The third-order valence-corrected chi connectivity index (χ3v) is 4.68. The van der Waals surface area contributed by atoms with Crippen LogP contribution < -0.4 is 10.9 Å². The molecule has 0 spiro atoms. The van der Waals surface area contributed by atoms with Crippen LogP contribution in [-0.4, -0.2) is 15.5 Å². The van der Waals surface area contributed by atoms with Crippen LogP contribution in [0.1, 0.15) is 37.3 Å². The maximum atomic E-state index is 12.6. The lowest BCUT2D eigenvalue weighted by Gasteiger charge is -2.09. The number of anilines is 1. The largest absolute Gasteiger partial charge is 0.325 e. The molecular formula is C22H25N3O2. The van der Waals surface area contributed by atoms with Crippen molar-refractivity contribution in [1.82, 2.24) is 9.55 Å². The number of carbonyl (C=O) groups is 1. The number of hydrogen-bond donors (Lipinski definition) is 1. The normalized spacial score (nSPS) is 10.9. The van der Waals surface area contributed by atoms with Gasteiger partial charge in [-0.25, -0.2) is 4.98 Å². The van der Waals surface area contributed by atoms with Gasteiger partial charge in [0, 0.05) is 5.69 Å². The van der Waals surface area contributed by atoms with E-state index in [1.807, 2.05) is 43.3 Å². The van der Waals surface area contributed by atoms with Crippen LogP contribution in [0.2, 0.25) is 0 Å². The maximum Gasteiger partial charge on any atom is 0.261 e. The lowest BCUT2D eigenvalue weighted by atomic mass is 10.1. The highest BCUT2D eigenvalue weighted by Crippen LogP contribution is 2.13. The molecule has 5 heteroatoms. The molecule has 0 aliphatic heterocycles. The Balaban J connectivity index is 1.66. The summed E-state index contributed by atoms with van der Waals surface area (Å²) in [5.41, 5.74) is 3.42. The van der Waals surface area contributed by atoms with Gasteiger partial charge >= 0.3 is 0 Å². The predicted molar refractivity (Wildman–Crippen MR) is 109 cm³/mol. The van der Waals surface area contributed by atoms with Crippen LogP contribution in [-0.2, 0) is 17.8 Å². The minimum absolute atomic E-state index is 0.0615. The van der Waals surface area contributed by atoms with E-state index < -0.39 is 0 Å². The Morgan fingerprint density at radius 2 is 1.89 bits per heavy atom. The molecule has 0 radical (unpaired) electrons. The zero-order valence-electron chi connectivity index (χ0n) is 15.9. The standard InChI is InChI=1S/C22H25N3O2/c1-3-4-5-8-17-10-12-18(13-11-17)24-20(26)14-25-15-23-21-16(2)7-6-9-19(21)22(25)27/h6-7,9-13,15H,3-5,8,14H2,1-2H3,(H,24,26). The molecule has 0 unspecified atom stereocenters. The van der Waals surface area contributed by atoms with Crippen LogP contribution in [0.15, 0.2) is 53.6 Å². The molecule has 1 heterocycles. The highest BCUT2D eigenvalue weighted by atomic mass is 16.2. The molecule has 140 valence electrons. The summed E-state index contributed by atoms with van der Waals surface area (Å²) in [6.07, 6.45) is 6.11. The summed E-state index contributed by atoms with van der Waals surface area (Å²) < 4.78 is 1.34. The number of rotatable bonds is 7. The van der Waals surface area contributed by atoms with E-state index in [1.165, 1.54) is 35.7 Å². The molecule has 0 atom stereocenters. The van der Waals surface area contributed by atoms with Gasteiger partial charge < -0.3 is 5.32 Å². The van der Waals surface area contributed by atoms with Crippen molar-refractivity contribution in [1.29, 1.82) is 0 Å². The summed E-state index contributed by atoms with van der Waals surface area (Å²) in [5.74, 6) is -0.246. The van der Waals surface area contributed by atoms with Gasteiger partial charge in [0.15, 0.2) is 0 Å². The third kappa shape index (κ3) is 4.61. The van der Waals surface area contributed by atoms with Gasteiger partial charge in [-0.05, 0) is 49.1 Å². The Morgan fingerprint density at radius 3 is 2.63 bits per heavy atom. The first-order valence-corrected chi connectivity index (χ1v) is 9.42. The van der Waals surface area contributed by atoms with E-state index >= 15 is 0 Å². The number of benzene rings is 2. The van der Waals surface area contributed by atoms with Gasteiger partial charge in [0.1, 0.15) is 6.54 Å². The van der Waals surface area contributed by atoms with Crippen molar-refractivity contribution in [3.63, 3.8) is 0 Å². The summed E-state index contributed by atoms with van der Waals surface area (Å²) in [6.45, 7) is 4.04. The SMILES string of the molecule is CCCCCc1ccc(NC(=O)Cn2cnc3c(C)cccc3c2=O)cc1. The minimum atomic E-state index is -0.246. The monoisotopic (exact) mass is 363 g/mol. The quantitative estimate of drug-likeness (QED) is 0.644. The Labute approximate surface area is 159 Å². The fourth-order valence-electron chi connectivity index (χ4n) is 3.14. The highest BCUT2D eigenvalue weighted by molar-refractivity contribution is 5.90. The van der Waals surface area contributed by atoms with Crippen LogP contribution >= 0.6 is 0 Å². The number of para-hydroxylation sites is 1. The molecule has 1 amide bonds. The number of aromatic nitrogens is 2. The molecule has 0 aliphatic carbocycles. The van der Waals surface area contributed by atoms with Crippen LogP contribution in [0, 0.1) is 6.92 Å². The molecule has 0 saturated heterocycles. The number of carbonyl (C=O) groups excluding carboxylic acids is 1. The first kappa shape index (κ1) is 18.8. The van der Waals surface area contributed by atoms with Gasteiger partial charge in [-0.15, -0.1) is 0 Å². The number of fused-ring (bicyclic) bond motifs is 1. The first-order valence-electron chi connectivity index (χ1n) is 9.42. The summed E-state index contributed by atoms with van der Waals surface area (Å²) in [6, 6.07) is 13.4. The van der Waals surface area contributed by atoms with Gasteiger partial charge in [0.05, 0.1) is 17.2 Å². The smallest absolute Gasteiger partial charge is 0.261 e. The van der Waals surface area contributed by atoms with E-state index in [0.29, 0.717) is 10.9 Å². The second-order valence-electron chi connectivity index (χ2n) is 6.85. The van der Waals surface area contributed by atoms with E-state index in [9.17, 15) is 9.59 Å². The molecule has 0 saturated carbocycles. The molecule has 0 bridgehead atoms. The second kappa shape index (κ2) is 8.62. The molecule has 3 aromatic rings. The molecule has 3 rings (SSSR count). The Bertz CT molecular complexity index is 991. The average Bonchev–Trinajstić information content (AvgIpc) is 2.66. The van der Waals surface area contributed by atoms with Gasteiger partial charge in [0.25, 0.3) is 5.56 Å². The Hall–Kier alpha value is -2.95. The van der Waals surface area contributed by atoms with Crippen molar-refractivity contribution in [2.45, 2.75) is 46.1 Å². The van der Waals surface area contributed by atoms with Crippen molar-refractivity contribution >= 4 is 22.5 Å².